The summed E-state index contributed by atoms with van der Waals surface area (Å²) in [5.41, 5.74) is 5.11. The van der Waals surface area contributed by atoms with Crippen LogP contribution in [0.3, 0.4) is 0 Å². The fourth-order valence-corrected chi connectivity index (χ4v) is 2.57. The largest absolute Gasteiger partial charge is 0.390 e. The van der Waals surface area contributed by atoms with Crippen LogP contribution >= 0.6 is 0 Å². The van der Waals surface area contributed by atoms with E-state index in [0.717, 1.165) is 31.2 Å². The third-order valence-corrected chi connectivity index (χ3v) is 3.96. The molecule has 118 valence electrons. The molecule has 4 heteroatoms. The van der Waals surface area contributed by atoms with Gasteiger partial charge in [0.25, 0.3) is 5.91 Å². The van der Waals surface area contributed by atoms with Gasteiger partial charge in [0.1, 0.15) is 0 Å². The van der Waals surface area contributed by atoms with Gasteiger partial charge >= 0.3 is 0 Å². The van der Waals surface area contributed by atoms with E-state index in [-0.39, 0.29) is 6.42 Å². The van der Waals surface area contributed by atoms with Gasteiger partial charge in [0, 0.05) is 13.5 Å². The average molecular weight is 293 g/mol. The second-order valence-electron chi connectivity index (χ2n) is 5.49. The number of ether oxygens (including phenoxy) is 1. The van der Waals surface area contributed by atoms with Gasteiger partial charge in [0.15, 0.2) is 5.60 Å². The predicted molar refractivity (Wildman–Crippen MR) is 83.8 cm³/mol. The van der Waals surface area contributed by atoms with Crippen LogP contribution in [0.15, 0.2) is 30.3 Å². The maximum atomic E-state index is 11.9. The molecule has 0 aliphatic rings. The Hall–Kier alpha value is -1.39. The first-order valence-corrected chi connectivity index (χ1v) is 7.64. The van der Waals surface area contributed by atoms with E-state index >= 15 is 0 Å². The predicted octanol–water partition coefficient (Wildman–Crippen LogP) is 2.43. The number of hydrogen-bond donors (Lipinski definition) is 2. The minimum absolute atomic E-state index is 0.286. The van der Waals surface area contributed by atoms with E-state index in [1.54, 1.807) is 0 Å². The van der Waals surface area contributed by atoms with Crippen molar-refractivity contribution in [3.63, 3.8) is 0 Å². The van der Waals surface area contributed by atoms with Crippen molar-refractivity contribution >= 4 is 5.91 Å². The number of nitrogens with two attached hydrogens (primary N) is 1. The Labute approximate surface area is 127 Å². The van der Waals surface area contributed by atoms with Crippen LogP contribution in [-0.4, -0.2) is 29.8 Å². The molecule has 4 nitrogen and oxygen atoms in total. The van der Waals surface area contributed by atoms with Crippen molar-refractivity contribution in [2.45, 2.75) is 57.2 Å². The van der Waals surface area contributed by atoms with Crippen LogP contribution in [0.2, 0.25) is 0 Å². The molecule has 1 aromatic rings. The van der Waals surface area contributed by atoms with Crippen LogP contribution < -0.4 is 5.73 Å². The highest BCUT2D eigenvalue weighted by molar-refractivity contribution is 5.84. The van der Waals surface area contributed by atoms with E-state index in [9.17, 15) is 9.90 Å². The van der Waals surface area contributed by atoms with Crippen LogP contribution in [-0.2, 0) is 16.0 Å². The minimum atomic E-state index is -1.35. The van der Waals surface area contributed by atoms with E-state index < -0.39 is 17.6 Å². The van der Waals surface area contributed by atoms with Gasteiger partial charge in [-0.05, 0) is 12.0 Å². The molecular formula is C17H27NO3. The number of aliphatic hydroxyl groups excluding tert-OH is 1. The number of aliphatic hydroxyl groups is 1. The highest BCUT2D eigenvalue weighted by Gasteiger charge is 2.43. The number of carbonyl (C=O) groups is 1. The van der Waals surface area contributed by atoms with E-state index in [4.69, 9.17) is 10.5 Å². The Morgan fingerprint density at radius 2 is 1.95 bits per heavy atom. The first kappa shape index (κ1) is 17.7. The molecule has 3 N–H and O–H groups in total. The fraction of sp³-hybridized carbons (Fsp3) is 0.588. The number of benzene rings is 1. The van der Waals surface area contributed by atoms with Gasteiger partial charge in [-0.3, -0.25) is 4.79 Å². The van der Waals surface area contributed by atoms with E-state index in [0.29, 0.717) is 6.42 Å². The topological polar surface area (TPSA) is 72.6 Å². The number of hydrogen-bond acceptors (Lipinski definition) is 3. The molecule has 0 radical (unpaired) electrons. The van der Waals surface area contributed by atoms with Crippen LogP contribution in [0.4, 0.5) is 0 Å². The van der Waals surface area contributed by atoms with Gasteiger partial charge in [0.05, 0.1) is 6.10 Å². The number of methoxy groups -OCH3 is 1. The first-order valence-electron chi connectivity index (χ1n) is 7.64. The number of rotatable bonds is 10. The summed E-state index contributed by atoms with van der Waals surface area (Å²) in [7, 11) is 1.43. The van der Waals surface area contributed by atoms with E-state index in [1.165, 1.54) is 7.11 Å². The zero-order valence-corrected chi connectivity index (χ0v) is 13.0. The Morgan fingerprint density at radius 1 is 1.29 bits per heavy atom. The summed E-state index contributed by atoms with van der Waals surface area (Å²) in [4.78, 5) is 11.9. The van der Waals surface area contributed by atoms with Crippen molar-refractivity contribution in [3.05, 3.63) is 35.9 Å². The number of primary amides is 1. The zero-order valence-electron chi connectivity index (χ0n) is 13.0. The van der Waals surface area contributed by atoms with Gasteiger partial charge in [-0.15, -0.1) is 0 Å². The molecule has 0 fully saturated rings. The highest BCUT2D eigenvalue weighted by atomic mass is 16.5. The maximum Gasteiger partial charge on any atom is 0.252 e. The molecule has 0 saturated heterocycles. The van der Waals surface area contributed by atoms with Crippen LogP contribution in [0, 0.1) is 0 Å². The molecule has 0 saturated carbocycles. The Morgan fingerprint density at radius 3 is 2.48 bits per heavy atom. The summed E-state index contributed by atoms with van der Waals surface area (Å²) in [5, 5.41) is 10.5. The number of carbonyl (C=O) groups excluding carboxylic acids is 1. The lowest BCUT2D eigenvalue weighted by molar-refractivity contribution is -0.156. The third-order valence-electron chi connectivity index (χ3n) is 3.96. The normalized spacial score (nSPS) is 15.4. The Bertz CT molecular complexity index is 421. The maximum absolute atomic E-state index is 11.9. The molecule has 21 heavy (non-hydrogen) atoms. The van der Waals surface area contributed by atoms with Crippen LogP contribution in [0.5, 0.6) is 0 Å². The molecule has 0 aliphatic carbocycles. The van der Waals surface area contributed by atoms with Crippen molar-refractivity contribution in [1.29, 1.82) is 0 Å². The Balaban J connectivity index is 2.80. The highest BCUT2D eigenvalue weighted by Crippen LogP contribution is 2.25. The van der Waals surface area contributed by atoms with Gasteiger partial charge in [0.2, 0.25) is 0 Å². The van der Waals surface area contributed by atoms with E-state index in [2.05, 4.69) is 6.92 Å². The van der Waals surface area contributed by atoms with Crippen LogP contribution in [0.1, 0.15) is 44.6 Å². The summed E-state index contributed by atoms with van der Waals surface area (Å²) < 4.78 is 5.40. The molecule has 0 aromatic heterocycles. The molecule has 0 aliphatic heterocycles. The minimum Gasteiger partial charge on any atom is -0.390 e. The lowest BCUT2D eigenvalue weighted by Gasteiger charge is -2.34. The molecule has 0 heterocycles. The second kappa shape index (κ2) is 8.80. The SMILES string of the molecule is CCCCCCC(O)C(Cc1ccccc1)(OC)C(N)=O. The van der Waals surface area contributed by atoms with Gasteiger partial charge in [-0.25, -0.2) is 0 Å². The smallest absolute Gasteiger partial charge is 0.252 e. The summed E-state index contributed by atoms with van der Waals surface area (Å²) in [6.45, 7) is 2.13. The van der Waals surface area contributed by atoms with Gasteiger partial charge in [-0.2, -0.15) is 0 Å². The van der Waals surface area contributed by atoms with Gasteiger partial charge < -0.3 is 15.6 Å². The molecule has 0 spiro atoms. The average Bonchev–Trinajstić information content (AvgIpc) is 2.49. The molecule has 0 bridgehead atoms. The number of amides is 1. The summed E-state index contributed by atoms with van der Waals surface area (Å²) in [6.07, 6.45) is 4.07. The quantitative estimate of drug-likeness (QED) is 0.651. The molecule has 2 unspecified atom stereocenters. The van der Waals surface area contributed by atoms with Crippen molar-refractivity contribution in [1.82, 2.24) is 0 Å². The van der Waals surface area contributed by atoms with Crippen LogP contribution in [0.25, 0.3) is 0 Å². The molecule has 2 atom stereocenters. The summed E-state index contributed by atoms with van der Waals surface area (Å²) in [5.74, 6) is -0.614. The third kappa shape index (κ3) is 4.83. The second-order valence-corrected chi connectivity index (χ2v) is 5.49. The number of unbranched alkanes of at least 4 members (excludes halogenated alkanes) is 3. The zero-order chi connectivity index (χ0) is 15.7. The summed E-state index contributed by atoms with van der Waals surface area (Å²) >= 11 is 0. The lowest BCUT2D eigenvalue weighted by atomic mass is 9.85. The lowest BCUT2D eigenvalue weighted by Crippen LogP contribution is -2.56. The monoisotopic (exact) mass is 293 g/mol. The fourth-order valence-electron chi connectivity index (χ4n) is 2.57. The molecular weight excluding hydrogens is 266 g/mol. The van der Waals surface area contributed by atoms with Crippen molar-refractivity contribution < 1.29 is 14.6 Å². The van der Waals surface area contributed by atoms with Crippen molar-refractivity contribution in [2.75, 3.05) is 7.11 Å². The van der Waals surface area contributed by atoms with E-state index in [1.807, 2.05) is 30.3 Å². The molecule has 1 rings (SSSR count). The molecule has 1 amide bonds. The first-order chi connectivity index (χ1) is 10.1. The van der Waals surface area contributed by atoms with Gasteiger partial charge in [-0.1, -0.05) is 62.9 Å². The summed E-state index contributed by atoms with van der Waals surface area (Å²) in [6, 6.07) is 9.50. The van der Waals surface area contributed by atoms with Crippen molar-refractivity contribution in [2.24, 2.45) is 5.73 Å². The molecule has 1 aromatic carbocycles. The standard InChI is InChI=1S/C17H27NO3/c1-3-4-5-9-12-15(19)17(21-2,16(18)20)13-14-10-7-6-8-11-14/h6-8,10-11,15,19H,3-5,9,12-13H2,1-2H3,(H2,18,20). The Kier molecular flexibility index (Phi) is 7.40. The van der Waals surface area contributed by atoms with Crippen molar-refractivity contribution in [3.8, 4) is 0 Å².